The van der Waals surface area contributed by atoms with E-state index in [1.165, 1.54) is 22.8 Å². The Labute approximate surface area is 534 Å². The number of carbonyl (C=O) groups is 2. The lowest BCUT2D eigenvalue weighted by atomic mass is 9.75. The molecule has 0 spiro atoms. The van der Waals surface area contributed by atoms with Gasteiger partial charge in [0.05, 0.1) is 34.5 Å². The first-order valence-corrected chi connectivity index (χ1v) is 36.5. The lowest BCUT2D eigenvalue weighted by Crippen LogP contribution is -2.44. The first kappa shape index (κ1) is 70.2. The minimum atomic E-state index is -5.67. The van der Waals surface area contributed by atoms with Gasteiger partial charge in [-0.3, -0.25) is 23.0 Å². The summed E-state index contributed by atoms with van der Waals surface area (Å²) >= 11 is 0. The fraction of sp³-hybridized carbons (Fsp3) is 0.368. The predicted octanol–water partition coefficient (Wildman–Crippen LogP) is 6.20. The third-order valence-electron chi connectivity index (χ3n) is 15.7. The van der Waals surface area contributed by atoms with Crippen LogP contribution in [0.2, 0.25) is 0 Å². The third-order valence-corrected chi connectivity index (χ3v) is 21.6. The molecule has 9 rings (SSSR count). The summed E-state index contributed by atoms with van der Waals surface area (Å²) in [4.78, 5) is 79.5. The van der Waals surface area contributed by atoms with Gasteiger partial charge >= 0.3 is 29.4 Å². The molecule has 3 unspecified atom stereocenters. The van der Waals surface area contributed by atoms with Gasteiger partial charge < -0.3 is 60.2 Å². The van der Waals surface area contributed by atoms with E-state index in [4.69, 9.17) is 34.3 Å². The van der Waals surface area contributed by atoms with Gasteiger partial charge in [-0.05, 0) is 82.9 Å². The number of alkyl carbamates (subject to hydrolysis) is 1. The molecule has 31 nitrogen and oxygen atoms in total. The second-order valence-electron chi connectivity index (χ2n) is 22.7. The number of imidazole rings is 1. The number of likely N-dealkylation sites (N-methyl/N-ethyl adjacent to an activating group) is 1. The Morgan fingerprint density at radius 2 is 1.65 bits per heavy atom. The van der Waals surface area contributed by atoms with Crippen molar-refractivity contribution in [1.29, 1.82) is 0 Å². The summed E-state index contributed by atoms with van der Waals surface area (Å²) in [7, 11) is -25.9. The standard InChI is InChI=1S/C57H69N10O21P3S2/c1-6-67-43-30-45-40(29-39(43)35(2)31-56(67,3)4)37(27-44(85-45)36-15-9-7-10-16-36)17-11-8-12-18-47-57(5,41-28-38(93(81,82)83)20-21-42(41)65(47)25-14-26-92(78,79)80)22-13-19-48(68)59-23-24-60-55(70)87-51-50(69)46(32-84-91(76,77)88-90(74,75)64-89(71,72)73)86-54(51)66-34-63-49-52(58)61-33-62-53(49)66/h7-12,15-18,20-21,27-31,33-34,46,50-51,54,69H,6,13-14,19,22-26,32H2,1-5H3,(H10-,58,59,60,61,62,64,68,70,71,72,73,74,75,76,77,78,79,80,81,82,83)/p+1/t46-,50-,51-,54-,57?/m1/s1. The van der Waals surface area contributed by atoms with Crippen molar-refractivity contribution in [3.63, 3.8) is 0 Å². The number of fused-ring (bicyclic) bond motifs is 4. The van der Waals surface area contributed by atoms with Crippen LogP contribution in [0.15, 0.2) is 121 Å². The summed E-state index contributed by atoms with van der Waals surface area (Å²) in [6, 6.07) is 18.0. The summed E-state index contributed by atoms with van der Waals surface area (Å²) in [6.07, 6.45) is 7.82. The molecule has 4 aliphatic rings. The van der Waals surface area contributed by atoms with E-state index in [1.54, 1.807) is 22.8 Å². The van der Waals surface area contributed by atoms with Crippen molar-refractivity contribution in [1.82, 2.24) is 35.0 Å². The van der Waals surface area contributed by atoms with Gasteiger partial charge in [-0.15, -0.1) is 4.86 Å². The SMILES string of the molecule is CCN1c2cc3c(cc2C(C)=CC1(C)C)C(=CC=CC=CC1=[N+](CCCS(=O)(=O)O)c2ccc(S(=O)(=O)O)cc2C1(C)CCCC(=O)NCCNC(=O)O[C@@H]1[C@H](O)[C@@H](COP(=O)(O)OP(=O)(O)NP(=O)(O)O)O[C@H]1n1cnc2c(N)ncnc21)C=C(c1ccccc1)O3. The Morgan fingerprint density at radius 1 is 0.914 bits per heavy atom. The summed E-state index contributed by atoms with van der Waals surface area (Å²) < 4.78 is 135. The van der Waals surface area contributed by atoms with Crippen molar-refractivity contribution in [3.8, 4) is 5.75 Å². The molecule has 36 heteroatoms. The quantitative estimate of drug-likeness (QED) is 0.00965. The van der Waals surface area contributed by atoms with Gasteiger partial charge in [0.15, 0.2) is 29.5 Å². The van der Waals surface area contributed by atoms with Crippen LogP contribution in [-0.2, 0) is 62.4 Å². The fourth-order valence-electron chi connectivity index (χ4n) is 11.7. The highest BCUT2D eigenvalue weighted by atomic mass is 32.2. The van der Waals surface area contributed by atoms with Crippen LogP contribution in [0.5, 0.6) is 5.75 Å². The smallest absolute Gasteiger partial charge is 0.456 e. The number of nitrogens with two attached hydrogens (primary N) is 1. The number of nitrogens with zero attached hydrogens (tertiary/aromatic N) is 6. The number of phosphoric ester groups is 1. The minimum absolute atomic E-state index is 0.0144. The number of aliphatic hydroxyl groups is 1. The Morgan fingerprint density at radius 3 is 2.34 bits per heavy atom. The van der Waals surface area contributed by atoms with E-state index in [-0.39, 0.29) is 67.8 Å². The highest BCUT2D eigenvalue weighted by Crippen LogP contribution is 2.61. The number of nitrogens with one attached hydrogen (secondary N) is 3. The average Bonchev–Trinajstić information content (AvgIpc) is 1.74. The first-order valence-electron chi connectivity index (χ1n) is 28.8. The zero-order valence-electron chi connectivity index (χ0n) is 50.6. The summed E-state index contributed by atoms with van der Waals surface area (Å²) in [5, 5.41) is 16.5. The lowest BCUT2D eigenvalue weighted by molar-refractivity contribution is -0.437. The molecular formula is C57H70N10O21P3S2+. The van der Waals surface area contributed by atoms with Gasteiger partial charge in [-0.25, -0.2) is 33.4 Å². The van der Waals surface area contributed by atoms with Crippen LogP contribution in [0.25, 0.3) is 28.1 Å². The van der Waals surface area contributed by atoms with Gasteiger partial charge in [0.2, 0.25) is 11.6 Å². The first-order chi connectivity index (χ1) is 43.6. The molecule has 2 amide bonds. The predicted molar refractivity (Wildman–Crippen MR) is 340 cm³/mol. The van der Waals surface area contributed by atoms with E-state index < -0.39 is 103 Å². The molecule has 5 aromatic rings. The van der Waals surface area contributed by atoms with Gasteiger partial charge in [0, 0.05) is 78.6 Å². The largest absolute Gasteiger partial charge is 0.480 e. The van der Waals surface area contributed by atoms with Crippen LogP contribution in [0, 0.1) is 0 Å². The summed E-state index contributed by atoms with van der Waals surface area (Å²) in [6.45, 7) is 9.65. The second kappa shape index (κ2) is 27.7. The normalized spacial score (nSPS) is 22.2. The Balaban J connectivity index is 0.898. The van der Waals surface area contributed by atoms with Crippen molar-refractivity contribution in [3.05, 3.63) is 138 Å². The molecule has 6 heterocycles. The minimum Gasteiger partial charge on any atom is -0.456 e. The van der Waals surface area contributed by atoms with E-state index in [0.717, 1.165) is 57.6 Å². The number of aromatic nitrogens is 4. The van der Waals surface area contributed by atoms with E-state index in [1.807, 2.05) is 55.5 Å². The number of hydrogen-bond acceptors (Lipinski definition) is 20. The number of allylic oxidation sites excluding steroid dienone is 8. The number of ether oxygens (including phenoxy) is 3. The zero-order valence-corrected chi connectivity index (χ0v) is 54.9. The molecule has 500 valence electrons. The number of nitrogen functional groups attached to an aromatic ring is 1. The number of benzene rings is 3. The maximum atomic E-state index is 13.5. The monoisotopic (exact) mass is 1390 g/mol. The maximum Gasteiger partial charge on any atom is 0.480 e. The number of aliphatic hydroxyl groups excluding tert-OH is 1. The Hall–Kier alpha value is -7.13. The molecule has 0 radical (unpaired) electrons. The van der Waals surface area contributed by atoms with Crippen molar-refractivity contribution in [2.45, 2.75) is 101 Å². The molecule has 7 atom stereocenters. The molecule has 0 saturated carbocycles. The number of anilines is 2. The van der Waals surface area contributed by atoms with Crippen LogP contribution < -0.4 is 30.9 Å². The highest BCUT2D eigenvalue weighted by molar-refractivity contribution is 7.86. The van der Waals surface area contributed by atoms with Crippen molar-refractivity contribution in [2.75, 3.05) is 49.2 Å². The average molecular weight is 1390 g/mol. The molecule has 2 aromatic heterocycles. The summed E-state index contributed by atoms with van der Waals surface area (Å²) in [5.74, 6) is 0.184. The van der Waals surface area contributed by atoms with Gasteiger partial charge in [-0.1, -0.05) is 60.7 Å². The van der Waals surface area contributed by atoms with Crippen molar-refractivity contribution in [2.24, 2.45) is 0 Å². The maximum absolute atomic E-state index is 13.5. The molecule has 93 heavy (non-hydrogen) atoms. The van der Waals surface area contributed by atoms with Crippen molar-refractivity contribution < 1.29 is 102 Å². The fourth-order valence-corrected chi connectivity index (χ4v) is 16.1. The van der Waals surface area contributed by atoms with Gasteiger partial charge in [0.1, 0.15) is 42.1 Å². The van der Waals surface area contributed by atoms with E-state index in [9.17, 15) is 64.1 Å². The van der Waals surface area contributed by atoms with Crippen molar-refractivity contribution >= 4 is 107 Å². The molecule has 1 saturated heterocycles. The number of rotatable bonds is 26. The molecule has 4 aliphatic heterocycles. The molecule has 1 fully saturated rings. The Bertz CT molecular complexity index is 4330. The van der Waals surface area contributed by atoms with E-state index >= 15 is 0 Å². The molecular weight excluding hydrogens is 1320 g/mol. The van der Waals surface area contributed by atoms with Crippen LogP contribution in [0.4, 0.5) is 22.0 Å². The number of phosphoric acid groups is 1. The molecule has 0 bridgehead atoms. The number of hydrogen-bond donors (Lipinski definition) is 11. The van der Waals surface area contributed by atoms with Gasteiger partial charge in [-0.2, -0.15) is 25.7 Å². The molecule has 12 N–H and O–H groups in total. The van der Waals surface area contributed by atoms with E-state index in [2.05, 4.69) is 80.7 Å². The number of amides is 2. The van der Waals surface area contributed by atoms with Gasteiger partial charge in [0.25, 0.3) is 20.2 Å². The highest BCUT2D eigenvalue weighted by Gasteiger charge is 2.51. The molecule has 0 aliphatic carbocycles. The van der Waals surface area contributed by atoms with Crippen LogP contribution in [0.3, 0.4) is 0 Å². The molecule has 3 aromatic carbocycles. The van der Waals surface area contributed by atoms with Crippen LogP contribution in [0.1, 0.15) is 88.8 Å². The topological polar surface area (TPSA) is 453 Å². The zero-order chi connectivity index (χ0) is 67.6. The summed E-state index contributed by atoms with van der Waals surface area (Å²) in [5.41, 5.74) is 12.0. The van der Waals surface area contributed by atoms with Crippen LogP contribution in [-0.4, -0.2) is 155 Å². The van der Waals surface area contributed by atoms with E-state index in [0.29, 0.717) is 28.5 Å². The lowest BCUT2D eigenvalue weighted by Gasteiger charge is -2.43. The van der Waals surface area contributed by atoms with Crippen LogP contribution >= 0.6 is 23.3 Å². The third kappa shape index (κ3) is 16.7. The Kier molecular flexibility index (Phi) is 20.9. The number of carbonyl (C=O) groups excluding carboxylic acids is 2. The second-order valence-corrected chi connectivity index (χ2v) is 30.5.